The van der Waals surface area contributed by atoms with E-state index in [1.165, 1.54) is 0 Å². The van der Waals surface area contributed by atoms with Gasteiger partial charge in [0.05, 0.1) is 5.82 Å². The Hall–Kier alpha value is -0.920. The van der Waals surface area contributed by atoms with Crippen LogP contribution in [0.25, 0.3) is 0 Å². The Kier molecular flexibility index (Phi) is 2.00. The van der Waals surface area contributed by atoms with Crippen LogP contribution in [0.4, 0.5) is 0 Å². The summed E-state index contributed by atoms with van der Waals surface area (Å²) in [5.74, 6) is 1.37. The van der Waals surface area contributed by atoms with Crippen LogP contribution in [0.3, 0.4) is 0 Å². The largest absolute Gasteiger partial charge is 0.386 e. The zero-order chi connectivity index (χ0) is 7.56. The Labute approximate surface area is 61.8 Å². The van der Waals surface area contributed by atoms with Gasteiger partial charge in [-0.05, 0) is 12.0 Å². The van der Waals surface area contributed by atoms with Crippen molar-refractivity contribution in [3.63, 3.8) is 0 Å². The van der Waals surface area contributed by atoms with E-state index < -0.39 is 0 Å². The van der Waals surface area contributed by atoms with Gasteiger partial charge in [-0.15, -0.1) is 0 Å². The van der Waals surface area contributed by atoms with Crippen LogP contribution in [-0.4, -0.2) is 6.04 Å². The summed E-state index contributed by atoms with van der Waals surface area (Å²) in [5.41, 5.74) is 5.56. The molecule has 0 radical (unpaired) electrons. The van der Waals surface area contributed by atoms with Gasteiger partial charge in [-0.1, -0.05) is 26.0 Å². The summed E-state index contributed by atoms with van der Waals surface area (Å²) in [6.45, 7) is 4.33. The third-order valence-corrected chi connectivity index (χ3v) is 1.65. The third kappa shape index (κ3) is 1.53. The molecule has 0 aliphatic carbocycles. The average molecular weight is 138 g/mol. The van der Waals surface area contributed by atoms with E-state index in [2.05, 4.69) is 25.2 Å². The van der Waals surface area contributed by atoms with Gasteiger partial charge in [0.25, 0.3) is 0 Å². The lowest BCUT2D eigenvalue weighted by Crippen LogP contribution is -2.35. The fourth-order valence-corrected chi connectivity index (χ4v) is 0.956. The van der Waals surface area contributed by atoms with Crippen molar-refractivity contribution in [2.45, 2.75) is 19.9 Å². The van der Waals surface area contributed by atoms with Gasteiger partial charge in [-0.3, -0.25) is 0 Å². The fraction of sp³-hybridized carbons (Fsp3) is 0.500. The Morgan fingerprint density at radius 1 is 1.60 bits per heavy atom. The van der Waals surface area contributed by atoms with Crippen LogP contribution in [0.5, 0.6) is 0 Å². The Balaban J connectivity index is 2.55. The Morgan fingerprint density at radius 3 is 2.70 bits per heavy atom. The lowest BCUT2D eigenvalue weighted by atomic mass is 10.0. The second-order valence-corrected chi connectivity index (χ2v) is 2.92. The highest BCUT2D eigenvalue weighted by molar-refractivity contribution is 5.18. The molecule has 1 heterocycles. The molecule has 56 valence electrons. The first-order valence-electron chi connectivity index (χ1n) is 3.60. The molecule has 1 rings (SSSR count). The number of nitrogens with two attached hydrogens (primary N) is 1. The molecule has 1 aliphatic heterocycles. The van der Waals surface area contributed by atoms with E-state index in [4.69, 9.17) is 5.73 Å². The SMILES string of the molecule is CC(C)C1C=CC=C(N)N1. The number of rotatable bonds is 1. The molecule has 1 aliphatic rings. The summed E-state index contributed by atoms with van der Waals surface area (Å²) in [5, 5.41) is 3.17. The topological polar surface area (TPSA) is 38.0 Å². The lowest BCUT2D eigenvalue weighted by molar-refractivity contribution is 0.495. The van der Waals surface area contributed by atoms with Gasteiger partial charge >= 0.3 is 0 Å². The quantitative estimate of drug-likeness (QED) is 0.566. The average Bonchev–Trinajstić information content (AvgIpc) is 1.88. The van der Waals surface area contributed by atoms with Crippen molar-refractivity contribution in [2.24, 2.45) is 11.7 Å². The highest BCUT2D eigenvalue weighted by Crippen LogP contribution is 2.07. The molecule has 1 unspecified atom stereocenters. The minimum absolute atomic E-state index is 0.407. The third-order valence-electron chi connectivity index (χ3n) is 1.65. The summed E-state index contributed by atoms with van der Waals surface area (Å²) >= 11 is 0. The molecule has 2 heteroatoms. The molecular weight excluding hydrogens is 124 g/mol. The van der Waals surface area contributed by atoms with Crippen molar-refractivity contribution >= 4 is 0 Å². The molecule has 0 saturated heterocycles. The molecule has 0 saturated carbocycles. The van der Waals surface area contributed by atoms with E-state index in [0.717, 1.165) is 5.82 Å². The van der Waals surface area contributed by atoms with Crippen molar-refractivity contribution in [3.05, 3.63) is 24.0 Å². The van der Waals surface area contributed by atoms with Crippen molar-refractivity contribution in [1.82, 2.24) is 5.32 Å². The maximum atomic E-state index is 5.56. The highest BCUT2D eigenvalue weighted by atomic mass is 15.0. The normalized spacial score (nSPS) is 24.3. The van der Waals surface area contributed by atoms with Gasteiger partial charge in [-0.25, -0.2) is 0 Å². The molecular formula is C8H14N2. The number of nitrogens with one attached hydrogen (secondary N) is 1. The van der Waals surface area contributed by atoms with Crippen LogP contribution in [0, 0.1) is 5.92 Å². The molecule has 0 fully saturated rings. The Morgan fingerprint density at radius 2 is 2.30 bits per heavy atom. The Bertz CT molecular complexity index is 168. The number of hydrogen-bond acceptors (Lipinski definition) is 2. The van der Waals surface area contributed by atoms with Gasteiger partial charge in [0.15, 0.2) is 0 Å². The van der Waals surface area contributed by atoms with Crippen LogP contribution in [0.15, 0.2) is 24.0 Å². The van der Waals surface area contributed by atoms with Crippen LogP contribution < -0.4 is 11.1 Å². The summed E-state index contributed by atoms with van der Waals surface area (Å²) < 4.78 is 0. The molecule has 2 nitrogen and oxygen atoms in total. The number of allylic oxidation sites excluding steroid dienone is 2. The van der Waals surface area contributed by atoms with E-state index in [9.17, 15) is 0 Å². The van der Waals surface area contributed by atoms with E-state index in [1.54, 1.807) is 0 Å². The van der Waals surface area contributed by atoms with Gasteiger partial charge < -0.3 is 11.1 Å². The number of dihydropyridines is 1. The van der Waals surface area contributed by atoms with Crippen LogP contribution in [0.1, 0.15) is 13.8 Å². The minimum Gasteiger partial charge on any atom is -0.386 e. The number of hydrogen-bond donors (Lipinski definition) is 2. The summed E-state index contributed by atoms with van der Waals surface area (Å²) in [4.78, 5) is 0. The molecule has 0 aromatic carbocycles. The van der Waals surface area contributed by atoms with Crippen molar-refractivity contribution in [3.8, 4) is 0 Å². The predicted octanol–water partition coefficient (Wildman–Crippen LogP) is 0.970. The summed E-state index contributed by atoms with van der Waals surface area (Å²) in [6.07, 6.45) is 6.00. The molecule has 0 bridgehead atoms. The maximum absolute atomic E-state index is 5.56. The first-order chi connectivity index (χ1) is 4.70. The zero-order valence-corrected chi connectivity index (χ0v) is 6.46. The second kappa shape index (κ2) is 2.78. The van der Waals surface area contributed by atoms with Gasteiger partial charge in [-0.2, -0.15) is 0 Å². The molecule has 0 aromatic heterocycles. The predicted molar refractivity (Wildman–Crippen MR) is 43.2 cm³/mol. The molecule has 0 amide bonds. The van der Waals surface area contributed by atoms with Gasteiger partial charge in [0.2, 0.25) is 0 Å². The van der Waals surface area contributed by atoms with Crippen LogP contribution >= 0.6 is 0 Å². The van der Waals surface area contributed by atoms with Crippen molar-refractivity contribution in [1.29, 1.82) is 0 Å². The molecule has 3 N–H and O–H groups in total. The summed E-state index contributed by atoms with van der Waals surface area (Å²) in [7, 11) is 0. The maximum Gasteiger partial charge on any atom is 0.0964 e. The smallest absolute Gasteiger partial charge is 0.0964 e. The van der Waals surface area contributed by atoms with Gasteiger partial charge in [0.1, 0.15) is 0 Å². The fourth-order valence-electron chi connectivity index (χ4n) is 0.956. The molecule has 0 aromatic rings. The highest BCUT2D eigenvalue weighted by Gasteiger charge is 2.10. The van der Waals surface area contributed by atoms with Gasteiger partial charge in [0, 0.05) is 6.04 Å². The monoisotopic (exact) mass is 138 g/mol. The van der Waals surface area contributed by atoms with E-state index in [1.807, 2.05) is 12.2 Å². The van der Waals surface area contributed by atoms with E-state index in [0.29, 0.717) is 12.0 Å². The van der Waals surface area contributed by atoms with E-state index in [-0.39, 0.29) is 0 Å². The standard InChI is InChI=1S/C8H14N2/c1-6(2)7-4-3-5-8(9)10-7/h3-7,10H,9H2,1-2H3. The first kappa shape index (κ1) is 7.19. The molecule has 10 heavy (non-hydrogen) atoms. The van der Waals surface area contributed by atoms with Crippen LogP contribution in [-0.2, 0) is 0 Å². The van der Waals surface area contributed by atoms with Crippen LogP contribution in [0.2, 0.25) is 0 Å². The van der Waals surface area contributed by atoms with E-state index >= 15 is 0 Å². The second-order valence-electron chi connectivity index (χ2n) is 2.92. The lowest BCUT2D eigenvalue weighted by Gasteiger charge is -2.22. The first-order valence-corrected chi connectivity index (χ1v) is 3.60. The van der Waals surface area contributed by atoms with Crippen molar-refractivity contribution in [2.75, 3.05) is 0 Å². The molecule has 0 spiro atoms. The molecule has 1 atom stereocenters. The minimum atomic E-state index is 0.407. The summed E-state index contributed by atoms with van der Waals surface area (Å²) in [6, 6.07) is 0.407. The van der Waals surface area contributed by atoms with Crippen molar-refractivity contribution < 1.29 is 0 Å². The zero-order valence-electron chi connectivity index (χ0n) is 6.46.